The Hall–Kier alpha value is -1.51. The molecule has 2 rings (SSSR count). The molecule has 1 aliphatic heterocycles. The van der Waals surface area contributed by atoms with Crippen LogP contribution in [0.25, 0.3) is 0 Å². The molecule has 0 atom stereocenters. The minimum atomic E-state index is -0.140. The van der Waals surface area contributed by atoms with Crippen LogP contribution in [0.3, 0.4) is 0 Å². The van der Waals surface area contributed by atoms with Crippen molar-refractivity contribution in [2.75, 3.05) is 11.6 Å². The third-order valence-corrected chi connectivity index (χ3v) is 2.73. The molecule has 86 valence electrons. The Morgan fingerprint density at radius 2 is 2.25 bits per heavy atom. The molecule has 0 spiro atoms. The molecule has 3 nitrogen and oxygen atoms in total. The Labute approximate surface area is 96.0 Å². The highest BCUT2D eigenvalue weighted by molar-refractivity contribution is 5.71. The summed E-state index contributed by atoms with van der Waals surface area (Å²) in [6.07, 6.45) is 3.42. The van der Waals surface area contributed by atoms with Crippen molar-refractivity contribution in [1.82, 2.24) is 0 Å². The maximum atomic E-state index is 11.5. The second kappa shape index (κ2) is 5.01. The summed E-state index contributed by atoms with van der Waals surface area (Å²) < 4.78 is 0. The quantitative estimate of drug-likeness (QED) is 0.782. The van der Waals surface area contributed by atoms with E-state index in [1.165, 1.54) is 5.56 Å². The van der Waals surface area contributed by atoms with Gasteiger partial charge in [-0.3, -0.25) is 0 Å². The lowest BCUT2D eigenvalue weighted by Crippen LogP contribution is -2.32. The zero-order chi connectivity index (χ0) is 11.4. The fourth-order valence-corrected chi connectivity index (χ4v) is 1.97. The molecule has 0 aliphatic carbocycles. The van der Waals surface area contributed by atoms with Crippen LogP contribution in [0.4, 0.5) is 5.69 Å². The highest BCUT2D eigenvalue weighted by Crippen LogP contribution is 2.26. The molecule has 0 saturated heterocycles. The van der Waals surface area contributed by atoms with Gasteiger partial charge in [0.1, 0.15) is 0 Å². The highest BCUT2D eigenvalue weighted by atomic mass is 16.7. The van der Waals surface area contributed by atoms with Crippen LogP contribution in [0.1, 0.15) is 31.7 Å². The van der Waals surface area contributed by atoms with Gasteiger partial charge in [-0.05, 0) is 30.9 Å². The van der Waals surface area contributed by atoms with E-state index in [4.69, 9.17) is 4.84 Å². The first kappa shape index (κ1) is 11.0. The van der Waals surface area contributed by atoms with Gasteiger partial charge in [0.15, 0.2) is 0 Å². The minimum Gasteiger partial charge on any atom is -0.341 e. The summed E-state index contributed by atoms with van der Waals surface area (Å²) in [5.41, 5.74) is 2.30. The van der Waals surface area contributed by atoms with Crippen molar-refractivity contribution in [2.45, 2.75) is 32.6 Å². The van der Waals surface area contributed by atoms with Gasteiger partial charge < -0.3 is 4.84 Å². The van der Waals surface area contributed by atoms with Crippen molar-refractivity contribution in [1.29, 1.82) is 0 Å². The van der Waals surface area contributed by atoms with Gasteiger partial charge in [-0.25, -0.2) is 9.86 Å². The fourth-order valence-electron chi connectivity index (χ4n) is 1.97. The minimum absolute atomic E-state index is 0.140. The number of hydrogen-bond donors (Lipinski definition) is 0. The standard InChI is InChI=1S/C13H17NO2/c1-2-6-13(15)16-14-10-5-8-11-7-3-4-9-12(11)14/h3-4,7,9H,2,5-6,8,10H2,1H3. The molecule has 16 heavy (non-hydrogen) atoms. The Balaban J connectivity index is 2.10. The zero-order valence-corrected chi connectivity index (χ0v) is 9.61. The summed E-state index contributed by atoms with van der Waals surface area (Å²) in [5, 5.41) is 1.73. The molecule has 0 bridgehead atoms. The molecule has 0 unspecified atom stereocenters. The second-order valence-corrected chi connectivity index (χ2v) is 4.05. The third-order valence-electron chi connectivity index (χ3n) is 2.73. The molecule has 0 N–H and O–H groups in total. The SMILES string of the molecule is CCCC(=O)ON1CCCc2ccccc21. The van der Waals surface area contributed by atoms with Crippen LogP contribution in [0.5, 0.6) is 0 Å². The smallest absolute Gasteiger partial charge is 0.332 e. The highest BCUT2D eigenvalue weighted by Gasteiger charge is 2.19. The van der Waals surface area contributed by atoms with Crippen LogP contribution in [0.2, 0.25) is 0 Å². The van der Waals surface area contributed by atoms with Crippen LogP contribution in [-0.2, 0) is 16.1 Å². The van der Waals surface area contributed by atoms with Gasteiger partial charge in [-0.1, -0.05) is 25.1 Å². The van der Waals surface area contributed by atoms with E-state index in [0.717, 1.165) is 31.5 Å². The monoisotopic (exact) mass is 219 g/mol. The van der Waals surface area contributed by atoms with Gasteiger partial charge in [0.2, 0.25) is 0 Å². The Morgan fingerprint density at radius 3 is 3.06 bits per heavy atom. The normalized spacial score (nSPS) is 14.4. The summed E-state index contributed by atoms with van der Waals surface area (Å²) in [7, 11) is 0. The number of hydrogen-bond acceptors (Lipinski definition) is 3. The van der Waals surface area contributed by atoms with Crippen molar-refractivity contribution in [3.8, 4) is 0 Å². The van der Waals surface area contributed by atoms with Gasteiger partial charge in [-0.15, -0.1) is 0 Å². The lowest BCUT2D eigenvalue weighted by Gasteiger charge is -2.29. The maximum absolute atomic E-state index is 11.5. The number of nitrogens with zero attached hydrogens (tertiary/aromatic N) is 1. The molecular weight excluding hydrogens is 202 g/mol. The van der Waals surface area contributed by atoms with E-state index < -0.39 is 0 Å². The molecule has 0 aromatic heterocycles. The van der Waals surface area contributed by atoms with E-state index >= 15 is 0 Å². The van der Waals surface area contributed by atoms with Gasteiger partial charge in [-0.2, -0.15) is 0 Å². The first-order valence-electron chi connectivity index (χ1n) is 5.87. The van der Waals surface area contributed by atoms with E-state index in [1.54, 1.807) is 5.06 Å². The van der Waals surface area contributed by atoms with Crippen molar-refractivity contribution in [2.24, 2.45) is 0 Å². The number of carbonyl (C=O) groups excluding carboxylic acids is 1. The molecule has 1 aliphatic rings. The predicted molar refractivity (Wildman–Crippen MR) is 63.1 cm³/mol. The molecule has 0 amide bonds. The number of anilines is 1. The van der Waals surface area contributed by atoms with E-state index in [9.17, 15) is 4.79 Å². The van der Waals surface area contributed by atoms with Crippen LogP contribution >= 0.6 is 0 Å². The number of hydroxylamine groups is 1. The van der Waals surface area contributed by atoms with Gasteiger partial charge in [0, 0.05) is 6.42 Å². The van der Waals surface area contributed by atoms with Gasteiger partial charge >= 0.3 is 5.97 Å². The number of carbonyl (C=O) groups is 1. The molecule has 0 saturated carbocycles. The van der Waals surface area contributed by atoms with Crippen molar-refractivity contribution >= 4 is 11.7 Å². The molecule has 0 radical (unpaired) electrons. The summed E-state index contributed by atoms with van der Waals surface area (Å²) in [6.45, 7) is 2.78. The fraction of sp³-hybridized carbons (Fsp3) is 0.462. The molecule has 0 fully saturated rings. The van der Waals surface area contributed by atoms with Crippen LogP contribution < -0.4 is 5.06 Å². The second-order valence-electron chi connectivity index (χ2n) is 4.05. The summed E-state index contributed by atoms with van der Waals surface area (Å²) in [4.78, 5) is 16.8. The molecule has 3 heteroatoms. The van der Waals surface area contributed by atoms with E-state index in [2.05, 4.69) is 6.07 Å². The molecule has 1 aromatic carbocycles. The number of para-hydroxylation sites is 1. The van der Waals surface area contributed by atoms with E-state index in [1.807, 2.05) is 25.1 Å². The van der Waals surface area contributed by atoms with E-state index in [-0.39, 0.29) is 5.97 Å². The largest absolute Gasteiger partial charge is 0.341 e. The number of benzene rings is 1. The van der Waals surface area contributed by atoms with Crippen LogP contribution in [0.15, 0.2) is 24.3 Å². The topological polar surface area (TPSA) is 29.5 Å². The zero-order valence-electron chi connectivity index (χ0n) is 9.61. The Bertz CT molecular complexity index is 376. The van der Waals surface area contributed by atoms with Crippen molar-refractivity contribution in [3.63, 3.8) is 0 Å². The first-order chi connectivity index (χ1) is 7.81. The van der Waals surface area contributed by atoms with E-state index in [0.29, 0.717) is 6.42 Å². The number of fused-ring (bicyclic) bond motifs is 1. The van der Waals surface area contributed by atoms with Crippen molar-refractivity contribution in [3.05, 3.63) is 29.8 Å². The van der Waals surface area contributed by atoms with Crippen molar-refractivity contribution < 1.29 is 9.63 Å². The number of rotatable bonds is 3. The molecule has 1 heterocycles. The maximum Gasteiger partial charge on any atom is 0.332 e. The molecule has 1 aromatic rings. The lowest BCUT2D eigenvalue weighted by molar-refractivity contribution is -0.145. The molecular formula is C13H17NO2. The van der Waals surface area contributed by atoms with Gasteiger partial charge in [0.25, 0.3) is 0 Å². The number of aryl methyl sites for hydroxylation is 1. The van der Waals surface area contributed by atoms with Crippen LogP contribution in [-0.4, -0.2) is 12.5 Å². The first-order valence-corrected chi connectivity index (χ1v) is 5.87. The lowest BCUT2D eigenvalue weighted by atomic mass is 10.0. The Kier molecular flexibility index (Phi) is 3.44. The summed E-state index contributed by atoms with van der Waals surface area (Å²) >= 11 is 0. The average Bonchev–Trinajstić information content (AvgIpc) is 2.30. The Morgan fingerprint density at radius 1 is 1.44 bits per heavy atom. The average molecular weight is 219 g/mol. The third kappa shape index (κ3) is 2.35. The van der Waals surface area contributed by atoms with Crippen LogP contribution in [0, 0.1) is 0 Å². The van der Waals surface area contributed by atoms with Gasteiger partial charge in [0.05, 0.1) is 12.2 Å². The predicted octanol–water partition coefficient (Wildman–Crippen LogP) is 2.70. The summed E-state index contributed by atoms with van der Waals surface area (Å²) in [6, 6.07) is 8.10. The summed E-state index contributed by atoms with van der Waals surface area (Å²) in [5.74, 6) is -0.140.